The Labute approximate surface area is 165 Å². The molecule has 0 aliphatic heterocycles. The van der Waals surface area contributed by atoms with Gasteiger partial charge in [-0.3, -0.25) is 4.90 Å². The van der Waals surface area contributed by atoms with Crippen LogP contribution in [0.25, 0.3) is 0 Å². The maximum Gasteiger partial charge on any atom is 0.127 e. The Morgan fingerprint density at radius 2 is 1.26 bits per heavy atom. The van der Waals surface area contributed by atoms with Gasteiger partial charge in [0, 0.05) is 6.54 Å². The Bertz CT molecular complexity index is 629. The predicted octanol–water partition coefficient (Wildman–Crippen LogP) is 4.18. The van der Waals surface area contributed by atoms with Gasteiger partial charge in [-0.1, -0.05) is 30.3 Å². The summed E-state index contributed by atoms with van der Waals surface area (Å²) >= 11 is 0. The second kappa shape index (κ2) is 11.8. The van der Waals surface area contributed by atoms with Crippen molar-refractivity contribution in [3.05, 3.63) is 60.2 Å². The smallest absolute Gasteiger partial charge is 0.127 e. The highest BCUT2D eigenvalue weighted by atomic mass is 16.5. The van der Waals surface area contributed by atoms with Crippen LogP contribution in [0.3, 0.4) is 0 Å². The largest absolute Gasteiger partial charge is 0.457 e. The fraction of sp³-hybridized carbons (Fsp3) is 0.478. The molecule has 0 atom stereocenters. The van der Waals surface area contributed by atoms with Crippen LogP contribution in [-0.2, 0) is 6.54 Å². The summed E-state index contributed by atoms with van der Waals surface area (Å²) in [7, 11) is 8.56. The lowest BCUT2D eigenvalue weighted by atomic mass is 10.2. The summed E-state index contributed by atoms with van der Waals surface area (Å²) in [6.45, 7) is 5.46. The maximum atomic E-state index is 5.99. The van der Waals surface area contributed by atoms with Gasteiger partial charge in [0.15, 0.2) is 0 Å². The highest BCUT2D eigenvalue weighted by Gasteiger charge is 2.08. The molecule has 2 rings (SSSR count). The molecule has 0 spiro atoms. The van der Waals surface area contributed by atoms with Gasteiger partial charge >= 0.3 is 0 Å². The van der Waals surface area contributed by atoms with Crippen LogP contribution in [0.15, 0.2) is 54.6 Å². The zero-order valence-electron chi connectivity index (χ0n) is 17.4. The van der Waals surface area contributed by atoms with E-state index in [-0.39, 0.29) is 0 Å². The minimum absolute atomic E-state index is 0.878. The molecule has 0 N–H and O–H groups in total. The molecule has 0 saturated heterocycles. The normalized spacial score (nSPS) is 11.5. The highest BCUT2D eigenvalue weighted by Crippen LogP contribution is 2.22. The molecule has 4 heteroatoms. The fourth-order valence-electron chi connectivity index (χ4n) is 3.08. The Hall–Kier alpha value is -1.88. The minimum atomic E-state index is 0.878. The number of nitrogens with zero attached hydrogens (tertiary/aromatic N) is 3. The van der Waals surface area contributed by atoms with Crippen molar-refractivity contribution in [1.29, 1.82) is 0 Å². The first kappa shape index (κ1) is 21.4. The first-order chi connectivity index (χ1) is 13.0. The Balaban J connectivity index is 1.96. The van der Waals surface area contributed by atoms with Gasteiger partial charge in [0.2, 0.25) is 0 Å². The molecular formula is C23H35N3O. The molecule has 148 valence electrons. The van der Waals surface area contributed by atoms with Crippen LogP contribution in [0.2, 0.25) is 0 Å². The van der Waals surface area contributed by atoms with E-state index in [1.54, 1.807) is 0 Å². The van der Waals surface area contributed by atoms with Crippen molar-refractivity contribution in [2.45, 2.75) is 19.4 Å². The van der Waals surface area contributed by atoms with Crippen LogP contribution in [0.5, 0.6) is 11.5 Å². The van der Waals surface area contributed by atoms with Crippen LogP contribution in [0.4, 0.5) is 0 Å². The summed E-state index contributed by atoms with van der Waals surface area (Å²) in [6.07, 6.45) is 2.38. The third kappa shape index (κ3) is 9.05. The average Bonchev–Trinajstić information content (AvgIpc) is 2.62. The lowest BCUT2D eigenvalue weighted by molar-refractivity contribution is 0.233. The number of ether oxygens (including phenoxy) is 1. The van der Waals surface area contributed by atoms with Crippen LogP contribution in [0, 0.1) is 0 Å². The summed E-state index contributed by atoms with van der Waals surface area (Å²) in [6, 6.07) is 18.4. The van der Waals surface area contributed by atoms with E-state index in [0.717, 1.165) is 44.2 Å². The lowest BCUT2D eigenvalue weighted by Gasteiger charge is -2.24. The van der Waals surface area contributed by atoms with E-state index >= 15 is 0 Å². The summed E-state index contributed by atoms with van der Waals surface area (Å²) in [5.74, 6) is 1.78. The first-order valence-electron chi connectivity index (χ1n) is 9.86. The lowest BCUT2D eigenvalue weighted by Crippen LogP contribution is -2.30. The summed E-state index contributed by atoms with van der Waals surface area (Å²) < 4.78 is 5.99. The Morgan fingerprint density at radius 3 is 1.85 bits per heavy atom. The molecule has 2 aromatic rings. The van der Waals surface area contributed by atoms with Gasteiger partial charge < -0.3 is 14.5 Å². The zero-order valence-corrected chi connectivity index (χ0v) is 17.4. The van der Waals surface area contributed by atoms with Crippen molar-refractivity contribution in [2.75, 3.05) is 54.4 Å². The molecule has 0 radical (unpaired) electrons. The number of rotatable bonds is 12. The average molecular weight is 370 g/mol. The van der Waals surface area contributed by atoms with Gasteiger partial charge in [-0.05, 0) is 97.0 Å². The molecule has 0 saturated carbocycles. The quantitative estimate of drug-likeness (QED) is 0.558. The van der Waals surface area contributed by atoms with E-state index in [9.17, 15) is 0 Å². The van der Waals surface area contributed by atoms with E-state index < -0.39 is 0 Å². The van der Waals surface area contributed by atoms with Crippen molar-refractivity contribution >= 4 is 0 Å². The SMILES string of the molecule is CN(C)CCCN(CCCN(C)C)Cc1cccc(Oc2ccccc2)c1. The van der Waals surface area contributed by atoms with Crippen molar-refractivity contribution in [3.63, 3.8) is 0 Å². The summed E-state index contributed by atoms with van der Waals surface area (Å²) in [5, 5.41) is 0. The second-order valence-corrected chi connectivity index (χ2v) is 7.65. The number of hydrogen-bond acceptors (Lipinski definition) is 4. The Kier molecular flexibility index (Phi) is 9.32. The van der Waals surface area contributed by atoms with Gasteiger partial charge in [-0.15, -0.1) is 0 Å². The van der Waals surface area contributed by atoms with Crippen molar-refractivity contribution < 1.29 is 4.74 Å². The standard InChI is InChI=1S/C23H35N3O/c1-24(2)15-9-17-26(18-10-16-25(3)4)20-21-11-8-14-23(19-21)27-22-12-6-5-7-13-22/h5-8,11-14,19H,9-10,15-18,20H2,1-4H3. The molecule has 0 amide bonds. The molecule has 0 aromatic heterocycles. The van der Waals surface area contributed by atoms with E-state index in [4.69, 9.17) is 4.74 Å². The summed E-state index contributed by atoms with van der Waals surface area (Å²) in [4.78, 5) is 7.08. The van der Waals surface area contributed by atoms with E-state index in [1.807, 2.05) is 36.4 Å². The van der Waals surface area contributed by atoms with Crippen LogP contribution in [0.1, 0.15) is 18.4 Å². The minimum Gasteiger partial charge on any atom is -0.457 e. The van der Waals surface area contributed by atoms with Gasteiger partial charge in [-0.25, -0.2) is 0 Å². The van der Waals surface area contributed by atoms with E-state index in [2.05, 4.69) is 61.1 Å². The van der Waals surface area contributed by atoms with Gasteiger partial charge in [-0.2, -0.15) is 0 Å². The number of hydrogen-bond donors (Lipinski definition) is 0. The number of para-hydroxylation sites is 1. The fourth-order valence-corrected chi connectivity index (χ4v) is 3.08. The van der Waals surface area contributed by atoms with Crippen LogP contribution < -0.4 is 4.74 Å². The van der Waals surface area contributed by atoms with Crippen molar-refractivity contribution in [2.24, 2.45) is 0 Å². The molecule has 2 aromatic carbocycles. The monoisotopic (exact) mass is 369 g/mol. The third-order valence-electron chi connectivity index (χ3n) is 4.44. The van der Waals surface area contributed by atoms with Crippen molar-refractivity contribution in [3.8, 4) is 11.5 Å². The zero-order chi connectivity index (χ0) is 19.5. The van der Waals surface area contributed by atoms with Gasteiger partial charge in [0.25, 0.3) is 0 Å². The predicted molar refractivity (Wildman–Crippen MR) is 115 cm³/mol. The molecular weight excluding hydrogens is 334 g/mol. The molecule has 0 unspecified atom stereocenters. The molecule has 0 aliphatic carbocycles. The maximum absolute atomic E-state index is 5.99. The van der Waals surface area contributed by atoms with Gasteiger partial charge in [0.1, 0.15) is 11.5 Å². The molecule has 0 heterocycles. The molecule has 0 aliphatic rings. The molecule has 4 nitrogen and oxygen atoms in total. The number of benzene rings is 2. The Morgan fingerprint density at radius 1 is 0.667 bits per heavy atom. The van der Waals surface area contributed by atoms with E-state index in [1.165, 1.54) is 18.4 Å². The van der Waals surface area contributed by atoms with Crippen LogP contribution in [-0.4, -0.2) is 69.1 Å². The molecule has 0 fully saturated rings. The third-order valence-corrected chi connectivity index (χ3v) is 4.44. The summed E-state index contributed by atoms with van der Waals surface area (Å²) in [5.41, 5.74) is 1.30. The van der Waals surface area contributed by atoms with Crippen molar-refractivity contribution in [1.82, 2.24) is 14.7 Å². The van der Waals surface area contributed by atoms with Gasteiger partial charge in [0.05, 0.1) is 0 Å². The molecule has 0 bridgehead atoms. The second-order valence-electron chi connectivity index (χ2n) is 7.65. The first-order valence-corrected chi connectivity index (χ1v) is 9.86. The highest BCUT2D eigenvalue weighted by molar-refractivity contribution is 5.33. The van der Waals surface area contributed by atoms with E-state index in [0.29, 0.717) is 0 Å². The van der Waals surface area contributed by atoms with Crippen LogP contribution >= 0.6 is 0 Å². The molecule has 27 heavy (non-hydrogen) atoms. The topological polar surface area (TPSA) is 19.0 Å².